The van der Waals surface area contributed by atoms with Crippen LogP contribution in [0.1, 0.15) is 30.6 Å². The quantitative estimate of drug-likeness (QED) is 0.899. The zero-order chi connectivity index (χ0) is 13.0. The topological polar surface area (TPSA) is 40.5 Å². The van der Waals surface area contributed by atoms with Gasteiger partial charge in [0, 0.05) is 14.7 Å². The molecule has 1 fully saturated rings. The Balaban J connectivity index is 1.91. The first-order chi connectivity index (χ1) is 8.66. The smallest absolute Gasteiger partial charge is 0.320 e. The van der Waals surface area contributed by atoms with Crippen LogP contribution in [0.3, 0.4) is 0 Å². The third kappa shape index (κ3) is 3.80. The number of carboxylic acid groups (broad SMARTS) is 1. The van der Waals surface area contributed by atoms with Crippen LogP contribution in [0.4, 0.5) is 0 Å². The average molecular weight is 332 g/mol. The third-order valence-corrected chi connectivity index (χ3v) is 5.16. The van der Waals surface area contributed by atoms with E-state index in [-0.39, 0.29) is 6.04 Å². The van der Waals surface area contributed by atoms with E-state index < -0.39 is 5.97 Å². The van der Waals surface area contributed by atoms with Gasteiger partial charge in [-0.05, 0) is 60.8 Å². The first-order valence-electron chi connectivity index (χ1n) is 6.36. The minimum Gasteiger partial charge on any atom is -0.480 e. The predicted octanol–water partition coefficient (Wildman–Crippen LogP) is 3.38. The van der Waals surface area contributed by atoms with Crippen molar-refractivity contribution in [1.29, 1.82) is 0 Å². The van der Waals surface area contributed by atoms with Gasteiger partial charge in [-0.15, -0.1) is 11.3 Å². The molecule has 1 aromatic rings. The molecule has 0 radical (unpaired) electrons. The fraction of sp³-hybridized carbons (Fsp3) is 0.615. The van der Waals surface area contributed by atoms with Crippen molar-refractivity contribution in [2.24, 2.45) is 0 Å². The lowest BCUT2D eigenvalue weighted by molar-refractivity contribution is -0.144. The molecule has 1 aromatic heterocycles. The van der Waals surface area contributed by atoms with Crippen LogP contribution in [0.15, 0.2) is 15.9 Å². The highest BCUT2D eigenvalue weighted by Gasteiger charge is 2.26. The Morgan fingerprint density at radius 1 is 1.44 bits per heavy atom. The summed E-state index contributed by atoms with van der Waals surface area (Å²) in [5, 5.41) is 11.4. The van der Waals surface area contributed by atoms with Gasteiger partial charge in [-0.25, -0.2) is 0 Å². The Hall–Kier alpha value is -0.390. The van der Waals surface area contributed by atoms with Crippen molar-refractivity contribution in [3.05, 3.63) is 20.8 Å². The van der Waals surface area contributed by atoms with Crippen LogP contribution in [-0.2, 0) is 11.2 Å². The largest absolute Gasteiger partial charge is 0.480 e. The van der Waals surface area contributed by atoms with E-state index in [1.807, 2.05) is 5.38 Å². The summed E-state index contributed by atoms with van der Waals surface area (Å²) in [6, 6.07) is 1.77. The number of piperidine rings is 1. The van der Waals surface area contributed by atoms with Crippen molar-refractivity contribution >= 4 is 33.2 Å². The molecule has 0 bridgehead atoms. The van der Waals surface area contributed by atoms with Crippen molar-refractivity contribution in [3.63, 3.8) is 0 Å². The highest BCUT2D eigenvalue weighted by atomic mass is 79.9. The van der Waals surface area contributed by atoms with Gasteiger partial charge in [-0.2, -0.15) is 0 Å². The second-order valence-electron chi connectivity index (χ2n) is 4.72. The molecule has 1 N–H and O–H groups in total. The molecule has 2 rings (SSSR count). The number of thiophene rings is 1. The molecule has 1 atom stereocenters. The highest BCUT2D eigenvalue weighted by molar-refractivity contribution is 9.10. The minimum absolute atomic E-state index is 0.314. The van der Waals surface area contributed by atoms with Gasteiger partial charge in [-0.1, -0.05) is 6.42 Å². The summed E-state index contributed by atoms with van der Waals surface area (Å²) in [4.78, 5) is 14.8. The number of aliphatic carboxylic acids is 1. The maximum atomic E-state index is 11.4. The number of halogens is 1. The number of hydrogen-bond acceptors (Lipinski definition) is 3. The van der Waals surface area contributed by atoms with Crippen LogP contribution in [0, 0.1) is 0 Å². The van der Waals surface area contributed by atoms with Gasteiger partial charge in [0.05, 0.1) is 0 Å². The summed E-state index contributed by atoms with van der Waals surface area (Å²) in [5.74, 6) is -0.674. The lowest BCUT2D eigenvalue weighted by Crippen LogP contribution is -2.44. The lowest BCUT2D eigenvalue weighted by Gasteiger charge is -2.31. The first kappa shape index (κ1) is 14.0. The highest BCUT2D eigenvalue weighted by Crippen LogP contribution is 2.23. The first-order valence-corrected chi connectivity index (χ1v) is 8.04. The summed E-state index contributed by atoms with van der Waals surface area (Å²) in [7, 11) is 0. The van der Waals surface area contributed by atoms with Crippen LogP contribution in [0.2, 0.25) is 0 Å². The molecule has 2 heterocycles. The molecule has 18 heavy (non-hydrogen) atoms. The maximum absolute atomic E-state index is 11.4. The second-order valence-corrected chi connectivity index (χ2v) is 6.63. The number of rotatable bonds is 5. The van der Waals surface area contributed by atoms with E-state index in [2.05, 4.69) is 26.9 Å². The SMILES string of the molecule is O=C(O)C(CCc1cc(Br)cs1)N1CCCCC1. The number of aryl methyl sites for hydroxylation is 1. The standard InChI is InChI=1S/C13H18BrNO2S/c14-10-8-11(18-9-10)4-5-12(13(16)17)15-6-2-1-3-7-15/h8-9,12H,1-7H2,(H,16,17). The summed E-state index contributed by atoms with van der Waals surface area (Å²) in [5.41, 5.74) is 0. The Labute approximate surface area is 120 Å². The molecule has 1 saturated heterocycles. The van der Waals surface area contributed by atoms with Crippen LogP contribution in [0.5, 0.6) is 0 Å². The molecule has 0 saturated carbocycles. The average Bonchev–Trinajstić information content (AvgIpc) is 2.76. The number of carboxylic acids is 1. The fourth-order valence-corrected chi connectivity index (χ4v) is 3.93. The van der Waals surface area contributed by atoms with Crippen LogP contribution >= 0.6 is 27.3 Å². The molecule has 5 heteroatoms. The van der Waals surface area contributed by atoms with Gasteiger partial charge in [0.2, 0.25) is 0 Å². The normalized spacial score (nSPS) is 18.7. The predicted molar refractivity (Wildman–Crippen MR) is 77.2 cm³/mol. The zero-order valence-corrected chi connectivity index (χ0v) is 12.7. The molecular weight excluding hydrogens is 314 g/mol. The van der Waals surface area contributed by atoms with Gasteiger partial charge < -0.3 is 5.11 Å². The van der Waals surface area contributed by atoms with Crippen molar-refractivity contribution in [2.75, 3.05) is 13.1 Å². The van der Waals surface area contributed by atoms with Gasteiger partial charge in [-0.3, -0.25) is 9.69 Å². The Bertz CT molecular complexity index is 401. The molecule has 1 aliphatic heterocycles. The molecule has 100 valence electrons. The van der Waals surface area contributed by atoms with E-state index in [4.69, 9.17) is 0 Å². The van der Waals surface area contributed by atoms with E-state index in [9.17, 15) is 9.90 Å². The minimum atomic E-state index is -0.674. The second kappa shape index (κ2) is 6.68. The molecule has 1 aliphatic rings. The molecule has 0 aromatic carbocycles. The summed E-state index contributed by atoms with van der Waals surface area (Å²) in [6.07, 6.45) is 5.06. The molecule has 0 amide bonds. The number of hydrogen-bond donors (Lipinski definition) is 1. The fourth-order valence-electron chi connectivity index (χ4n) is 2.46. The number of likely N-dealkylation sites (tertiary alicyclic amines) is 1. The van der Waals surface area contributed by atoms with Crippen molar-refractivity contribution in [1.82, 2.24) is 4.90 Å². The van der Waals surface area contributed by atoms with E-state index >= 15 is 0 Å². The van der Waals surface area contributed by atoms with Crippen LogP contribution in [0.25, 0.3) is 0 Å². The van der Waals surface area contributed by atoms with E-state index in [0.717, 1.165) is 36.8 Å². The van der Waals surface area contributed by atoms with Crippen molar-refractivity contribution in [2.45, 2.75) is 38.1 Å². The van der Waals surface area contributed by atoms with Crippen molar-refractivity contribution < 1.29 is 9.90 Å². The Morgan fingerprint density at radius 2 is 2.17 bits per heavy atom. The maximum Gasteiger partial charge on any atom is 0.320 e. The van der Waals surface area contributed by atoms with Gasteiger partial charge >= 0.3 is 5.97 Å². The summed E-state index contributed by atoms with van der Waals surface area (Å²) in [6.45, 7) is 1.87. The number of carbonyl (C=O) groups is 1. The molecular formula is C13H18BrNO2S. The number of nitrogens with zero attached hydrogens (tertiary/aromatic N) is 1. The summed E-state index contributed by atoms with van der Waals surface area (Å²) >= 11 is 5.12. The molecule has 0 spiro atoms. The Kier molecular flexibility index (Phi) is 5.21. The van der Waals surface area contributed by atoms with E-state index in [1.165, 1.54) is 11.3 Å². The van der Waals surface area contributed by atoms with Crippen LogP contribution < -0.4 is 0 Å². The van der Waals surface area contributed by atoms with Gasteiger partial charge in [0.15, 0.2) is 0 Å². The third-order valence-electron chi connectivity index (χ3n) is 3.40. The van der Waals surface area contributed by atoms with Gasteiger partial charge in [0.25, 0.3) is 0 Å². The monoisotopic (exact) mass is 331 g/mol. The molecule has 0 aliphatic carbocycles. The zero-order valence-electron chi connectivity index (χ0n) is 10.3. The van der Waals surface area contributed by atoms with Gasteiger partial charge in [0.1, 0.15) is 6.04 Å². The van der Waals surface area contributed by atoms with Crippen LogP contribution in [-0.4, -0.2) is 35.1 Å². The van der Waals surface area contributed by atoms with E-state index in [0.29, 0.717) is 6.42 Å². The van der Waals surface area contributed by atoms with E-state index in [1.54, 1.807) is 11.3 Å². The molecule has 3 nitrogen and oxygen atoms in total. The Morgan fingerprint density at radius 3 is 2.72 bits per heavy atom. The lowest BCUT2D eigenvalue weighted by atomic mass is 10.0. The van der Waals surface area contributed by atoms with Crippen molar-refractivity contribution in [3.8, 4) is 0 Å². The molecule has 1 unspecified atom stereocenters. The summed E-state index contributed by atoms with van der Waals surface area (Å²) < 4.78 is 1.09.